The van der Waals surface area contributed by atoms with Crippen LogP contribution in [0.4, 0.5) is 5.82 Å². The molecule has 1 aromatic heterocycles. The predicted octanol–water partition coefficient (Wildman–Crippen LogP) is 2.22. The van der Waals surface area contributed by atoms with Gasteiger partial charge in [0.15, 0.2) is 0 Å². The maximum absolute atomic E-state index is 9.80. The van der Waals surface area contributed by atoms with Gasteiger partial charge in [-0.25, -0.2) is 4.98 Å². The quantitative estimate of drug-likeness (QED) is 0.779. The van der Waals surface area contributed by atoms with E-state index in [1.807, 2.05) is 6.07 Å². The van der Waals surface area contributed by atoms with Crippen molar-refractivity contribution in [2.24, 2.45) is 0 Å². The number of aromatic hydroxyl groups is 1. The van der Waals surface area contributed by atoms with Gasteiger partial charge in [-0.15, -0.1) is 0 Å². The standard InChI is InChI=1S/C13H11N3O/c1-8-6-10(11(7-14)13(15)16-8)9-4-2-3-5-12(9)17/h2-6,17H,1H3,(H2,15,16). The second-order valence-corrected chi connectivity index (χ2v) is 3.70. The van der Waals surface area contributed by atoms with E-state index >= 15 is 0 Å². The molecule has 4 nitrogen and oxygen atoms in total. The van der Waals surface area contributed by atoms with Gasteiger partial charge >= 0.3 is 0 Å². The normalized spacial score (nSPS) is 9.88. The highest BCUT2D eigenvalue weighted by Crippen LogP contribution is 2.33. The highest BCUT2D eigenvalue weighted by Gasteiger charge is 2.13. The fraction of sp³-hybridized carbons (Fsp3) is 0.0769. The fourth-order valence-electron chi connectivity index (χ4n) is 1.73. The van der Waals surface area contributed by atoms with E-state index in [0.29, 0.717) is 16.8 Å². The van der Waals surface area contributed by atoms with Crippen LogP contribution in [-0.2, 0) is 0 Å². The van der Waals surface area contributed by atoms with Gasteiger partial charge in [0.2, 0.25) is 0 Å². The van der Waals surface area contributed by atoms with Crippen LogP contribution in [0.1, 0.15) is 11.3 Å². The van der Waals surface area contributed by atoms with Gasteiger partial charge in [0.05, 0.1) is 0 Å². The Balaban J connectivity index is 2.76. The zero-order valence-corrected chi connectivity index (χ0v) is 9.31. The van der Waals surface area contributed by atoms with Crippen LogP contribution >= 0.6 is 0 Å². The average molecular weight is 225 g/mol. The topological polar surface area (TPSA) is 82.9 Å². The molecular weight excluding hydrogens is 214 g/mol. The molecule has 0 atom stereocenters. The number of para-hydroxylation sites is 1. The number of benzene rings is 1. The number of nitrogen functional groups attached to an aromatic ring is 1. The molecule has 0 aliphatic rings. The molecule has 0 amide bonds. The molecule has 0 saturated heterocycles. The Bertz CT molecular complexity index is 615. The molecule has 4 heteroatoms. The second-order valence-electron chi connectivity index (χ2n) is 3.70. The number of anilines is 1. The number of rotatable bonds is 1. The molecule has 0 aliphatic heterocycles. The molecule has 0 radical (unpaired) electrons. The van der Waals surface area contributed by atoms with Crippen LogP contribution in [0.2, 0.25) is 0 Å². The van der Waals surface area contributed by atoms with E-state index in [1.54, 1.807) is 37.3 Å². The zero-order chi connectivity index (χ0) is 12.4. The summed E-state index contributed by atoms with van der Waals surface area (Å²) in [5, 5.41) is 18.9. The SMILES string of the molecule is Cc1cc(-c2ccccc2O)c(C#N)c(N)n1. The summed E-state index contributed by atoms with van der Waals surface area (Å²) in [6, 6.07) is 10.6. The van der Waals surface area contributed by atoms with Crippen LogP contribution in [0.15, 0.2) is 30.3 Å². The first-order chi connectivity index (χ1) is 8.13. The van der Waals surface area contributed by atoms with Gasteiger partial charge in [-0.1, -0.05) is 18.2 Å². The van der Waals surface area contributed by atoms with E-state index in [1.165, 1.54) is 0 Å². The Morgan fingerprint density at radius 2 is 2.00 bits per heavy atom. The van der Waals surface area contributed by atoms with Crippen LogP contribution in [0.5, 0.6) is 5.75 Å². The first kappa shape index (κ1) is 11.0. The van der Waals surface area contributed by atoms with Crippen molar-refractivity contribution < 1.29 is 5.11 Å². The lowest BCUT2D eigenvalue weighted by molar-refractivity contribution is 0.477. The van der Waals surface area contributed by atoms with Gasteiger partial charge < -0.3 is 10.8 Å². The Labute approximate surface area is 99.0 Å². The Hall–Kier alpha value is -2.54. The average Bonchev–Trinajstić information content (AvgIpc) is 2.28. The molecule has 0 fully saturated rings. The number of nitriles is 1. The van der Waals surface area contributed by atoms with E-state index in [-0.39, 0.29) is 17.1 Å². The molecule has 1 heterocycles. The number of hydrogen-bond donors (Lipinski definition) is 2. The van der Waals surface area contributed by atoms with Crippen LogP contribution in [0.25, 0.3) is 11.1 Å². The molecule has 0 saturated carbocycles. The van der Waals surface area contributed by atoms with E-state index < -0.39 is 0 Å². The minimum atomic E-state index is 0.119. The van der Waals surface area contributed by atoms with Gasteiger partial charge in [-0.3, -0.25) is 0 Å². The number of phenols is 1. The van der Waals surface area contributed by atoms with Crippen molar-refractivity contribution in [3.8, 4) is 22.9 Å². The molecular formula is C13H11N3O. The summed E-state index contributed by atoms with van der Waals surface area (Å²) in [6.45, 7) is 1.79. The molecule has 0 aliphatic carbocycles. The lowest BCUT2D eigenvalue weighted by Crippen LogP contribution is -1.99. The Kier molecular flexibility index (Phi) is 2.67. The monoisotopic (exact) mass is 225 g/mol. The summed E-state index contributed by atoms with van der Waals surface area (Å²) in [5.74, 6) is 0.305. The summed E-state index contributed by atoms with van der Waals surface area (Å²) in [4.78, 5) is 4.03. The first-order valence-corrected chi connectivity index (χ1v) is 5.09. The minimum Gasteiger partial charge on any atom is -0.507 e. The van der Waals surface area contributed by atoms with Crippen LogP contribution < -0.4 is 5.73 Å². The van der Waals surface area contributed by atoms with Gasteiger partial charge in [-0.05, 0) is 19.1 Å². The lowest BCUT2D eigenvalue weighted by Gasteiger charge is -2.09. The van der Waals surface area contributed by atoms with Crippen molar-refractivity contribution in [2.45, 2.75) is 6.92 Å². The van der Waals surface area contributed by atoms with E-state index in [0.717, 1.165) is 0 Å². The van der Waals surface area contributed by atoms with Crippen molar-refractivity contribution in [1.29, 1.82) is 5.26 Å². The molecule has 0 unspecified atom stereocenters. The maximum Gasteiger partial charge on any atom is 0.142 e. The third kappa shape index (κ3) is 1.91. The first-order valence-electron chi connectivity index (χ1n) is 5.09. The molecule has 2 aromatic rings. The third-order valence-electron chi connectivity index (χ3n) is 2.48. The predicted molar refractivity (Wildman–Crippen MR) is 65.2 cm³/mol. The number of nitrogens with zero attached hydrogens (tertiary/aromatic N) is 2. The van der Waals surface area contributed by atoms with Gasteiger partial charge in [-0.2, -0.15) is 5.26 Å². The summed E-state index contributed by atoms with van der Waals surface area (Å²) in [6.07, 6.45) is 0. The van der Waals surface area contributed by atoms with Crippen molar-refractivity contribution in [2.75, 3.05) is 5.73 Å². The summed E-state index contributed by atoms with van der Waals surface area (Å²) in [5.41, 5.74) is 7.89. The van der Waals surface area contributed by atoms with Crippen molar-refractivity contribution in [3.05, 3.63) is 41.6 Å². The molecule has 0 bridgehead atoms. The van der Waals surface area contributed by atoms with E-state index in [2.05, 4.69) is 4.98 Å². The largest absolute Gasteiger partial charge is 0.507 e. The maximum atomic E-state index is 9.80. The number of nitrogens with two attached hydrogens (primary N) is 1. The highest BCUT2D eigenvalue weighted by molar-refractivity contribution is 5.79. The summed E-state index contributed by atoms with van der Waals surface area (Å²) >= 11 is 0. The van der Waals surface area contributed by atoms with Gasteiger partial charge in [0.1, 0.15) is 23.2 Å². The number of pyridine rings is 1. The number of aromatic nitrogens is 1. The van der Waals surface area contributed by atoms with Crippen molar-refractivity contribution >= 4 is 5.82 Å². The summed E-state index contributed by atoms with van der Waals surface area (Å²) in [7, 11) is 0. The van der Waals surface area contributed by atoms with Crippen LogP contribution in [-0.4, -0.2) is 10.1 Å². The van der Waals surface area contributed by atoms with Crippen molar-refractivity contribution in [3.63, 3.8) is 0 Å². The number of hydrogen-bond acceptors (Lipinski definition) is 4. The van der Waals surface area contributed by atoms with Crippen LogP contribution in [0, 0.1) is 18.3 Å². The zero-order valence-electron chi connectivity index (χ0n) is 9.31. The molecule has 3 N–H and O–H groups in total. The Morgan fingerprint density at radius 1 is 1.29 bits per heavy atom. The third-order valence-corrected chi connectivity index (χ3v) is 2.48. The molecule has 0 spiro atoms. The molecule has 2 rings (SSSR count). The van der Waals surface area contributed by atoms with Gasteiger partial charge in [0, 0.05) is 16.8 Å². The van der Waals surface area contributed by atoms with E-state index in [4.69, 9.17) is 11.0 Å². The highest BCUT2D eigenvalue weighted by atomic mass is 16.3. The van der Waals surface area contributed by atoms with E-state index in [9.17, 15) is 5.11 Å². The second kappa shape index (κ2) is 4.14. The lowest BCUT2D eigenvalue weighted by atomic mass is 9.99. The van der Waals surface area contributed by atoms with Crippen LogP contribution in [0.3, 0.4) is 0 Å². The van der Waals surface area contributed by atoms with Gasteiger partial charge in [0.25, 0.3) is 0 Å². The number of aryl methyl sites for hydroxylation is 1. The molecule has 84 valence electrons. The smallest absolute Gasteiger partial charge is 0.142 e. The fourth-order valence-corrected chi connectivity index (χ4v) is 1.73. The minimum absolute atomic E-state index is 0.119. The Morgan fingerprint density at radius 3 is 2.65 bits per heavy atom. The summed E-state index contributed by atoms with van der Waals surface area (Å²) < 4.78 is 0. The van der Waals surface area contributed by atoms with Crippen molar-refractivity contribution in [1.82, 2.24) is 4.98 Å². The number of phenolic OH excluding ortho intramolecular Hbond substituents is 1. The molecule has 1 aromatic carbocycles. The molecule has 17 heavy (non-hydrogen) atoms.